The van der Waals surface area contributed by atoms with Crippen LogP contribution in [-0.4, -0.2) is 35.0 Å². The third kappa shape index (κ3) is 4.29. The second-order valence-corrected chi connectivity index (χ2v) is 7.99. The van der Waals surface area contributed by atoms with Crippen molar-refractivity contribution in [1.29, 1.82) is 0 Å². The van der Waals surface area contributed by atoms with Crippen LogP contribution in [0.1, 0.15) is 51.9 Å². The van der Waals surface area contributed by atoms with Gasteiger partial charge in [-0.15, -0.1) is 0 Å². The number of carbonyl (C=O) groups excluding carboxylic acids is 1. The molecule has 2 heterocycles. The Morgan fingerprint density at radius 3 is 2.75 bits per heavy atom. The Kier molecular flexibility index (Phi) is 6.14. The molecule has 1 aromatic rings. The van der Waals surface area contributed by atoms with Gasteiger partial charge >= 0.3 is 0 Å². The Balaban J connectivity index is 1.40. The van der Waals surface area contributed by atoms with Gasteiger partial charge in [0.05, 0.1) is 17.6 Å². The van der Waals surface area contributed by atoms with Crippen LogP contribution in [0.5, 0.6) is 5.88 Å². The van der Waals surface area contributed by atoms with E-state index in [0.29, 0.717) is 24.9 Å². The lowest BCUT2D eigenvalue weighted by atomic mass is 9.79. The third-order valence-corrected chi connectivity index (χ3v) is 5.93. The van der Waals surface area contributed by atoms with Gasteiger partial charge in [-0.2, -0.15) is 0 Å². The topological polar surface area (TPSA) is 42.4 Å². The Morgan fingerprint density at radius 2 is 2.08 bits per heavy atom. The maximum Gasteiger partial charge on any atom is 0.228 e. The molecule has 0 bridgehead atoms. The highest BCUT2D eigenvalue weighted by atomic mass is 79.9. The van der Waals surface area contributed by atoms with Gasteiger partial charge in [-0.25, -0.2) is 4.98 Å². The minimum Gasteiger partial charge on any atom is -0.470 e. The molecule has 0 N–H and O–H groups in total. The van der Waals surface area contributed by atoms with Crippen molar-refractivity contribution in [2.24, 2.45) is 11.8 Å². The fourth-order valence-corrected chi connectivity index (χ4v) is 4.11. The van der Waals surface area contributed by atoms with Crippen LogP contribution in [0, 0.1) is 11.8 Å². The smallest absolute Gasteiger partial charge is 0.228 e. The van der Waals surface area contributed by atoms with Gasteiger partial charge in [-0.05, 0) is 59.7 Å². The fraction of sp³-hybridized carbons (Fsp3) is 0.684. The molecule has 2 fully saturated rings. The van der Waals surface area contributed by atoms with E-state index in [-0.39, 0.29) is 12.0 Å². The Labute approximate surface area is 153 Å². The molecule has 1 amide bonds. The summed E-state index contributed by atoms with van der Waals surface area (Å²) in [6.07, 6.45) is 10.3. The number of halogens is 1. The zero-order valence-electron chi connectivity index (χ0n) is 14.4. The van der Waals surface area contributed by atoms with Crippen LogP contribution in [0.4, 0.5) is 0 Å². The van der Waals surface area contributed by atoms with E-state index in [0.717, 1.165) is 23.2 Å². The van der Waals surface area contributed by atoms with Crippen molar-refractivity contribution in [3.8, 4) is 5.88 Å². The number of pyridine rings is 1. The molecule has 4 nitrogen and oxygen atoms in total. The molecule has 0 unspecified atom stereocenters. The second kappa shape index (κ2) is 8.32. The van der Waals surface area contributed by atoms with Crippen LogP contribution in [0.3, 0.4) is 0 Å². The molecular formula is C19H27BrN2O2. The number of hydrogen-bond donors (Lipinski definition) is 0. The van der Waals surface area contributed by atoms with Gasteiger partial charge in [-0.3, -0.25) is 4.79 Å². The number of amides is 1. The highest BCUT2D eigenvalue weighted by Gasteiger charge is 2.37. The average Bonchev–Trinajstić information content (AvgIpc) is 2.57. The summed E-state index contributed by atoms with van der Waals surface area (Å²) in [6.45, 7) is 3.64. The predicted molar refractivity (Wildman–Crippen MR) is 97.9 cm³/mol. The number of likely N-dealkylation sites (tertiary alicyclic amines) is 1. The van der Waals surface area contributed by atoms with E-state index in [9.17, 15) is 4.79 Å². The molecule has 0 radical (unpaired) electrons. The fourth-order valence-electron chi connectivity index (χ4n) is 3.76. The third-order valence-electron chi connectivity index (χ3n) is 5.32. The molecule has 1 saturated carbocycles. The minimum atomic E-state index is 0.0704. The zero-order chi connectivity index (χ0) is 16.9. The van der Waals surface area contributed by atoms with Crippen LogP contribution >= 0.6 is 15.9 Å². The molecule has 2 aliphatic rings. The van der Waals surface area contributed by atoms with Crippen LogP contribution in [0.2, 0.25) is 0 Å². The van der Waals surface area contributed by atoms with Gasteiger partial charge in [0.1, 0.15) is 6.10 Å². The standard InChI is InChI=1S/C19H27BrN2O2/c1-2-3-5-14-7-9-15(10-8-14)19(23)22-12-16(13-22)24-18-17(20)6-4-11-21-18/h4,6,11,14-16H,2-3,5,7-10,12-13H2,1H3. The summed E-state index contributed by atoms with van der Waals surface area (Å²) in [6, 6.07) is 3.78. The average molecular weight is 395 g/mol. The van der Waals surface area contributed by atoms with E-state index in [1.807, 2.05) is 17.0 Å². The number of carbonyl (C=O) groups is 1. The predicted octanol–water partition coefficient (Wildman–Crippen LogP) is 4.43. The molecule has 3 rings (SSSR count). The quantitative estimate of drug-likeness (QED) is 0.716. The first-order chi connectivity index (χ1) is 11.7. The summed E-state index contributed by atoms with van der Waals surface area (Å²) >= 11 is 3.44. The zero-order valence-corrected chi connectivity index (χ0v) is 16.0. The Morgan fingerprint density at radius 1 is 1.33 bits per heavy atom. The van der Waals surface area contributed by atoms with Crippen molar-refractivity contribution in [2.45, 2.75) is 58.0 Å². The van der Waals surface area contributed by atoms with Gasteiger partial charge in [0, 0.05) is 12.1 Å². The monoisotopic (exact) mass is 394 g/mol. The van der Waals surface area contributed by atoms with E-state index < -0.39 is 0 Å². The van der Waals surface area contributed by atoms with Gasteiger partial charge in [-0.1, -0.05) is 26.2 Å². The first kappa shape index (κ1) is 17.7. The highest BCUT2D eigenvalue weighted by molar-refractivity contribution is 9.10. The second-order valence-electron chi connectivity index (χ2n) is 7.13. The number of unbranched alkanes of at least 4 members (excludes halogenated alkanes) is 1. The number of ether oxygens (including phenoxy) is 1. The lowest BCUT2D eigenvalue weighted by Gasteiger charge is -2.41. The highest BCUT2D eigenvalue weighted by Crippen LogP contribution is 2.34. The van der Waals surface area contributed by atoms with Crippen LogP contribution in [0.15, 0.2) is 22.8 Å². The molecule has 1 aliphatic carbocycles. The summed E-state index contributed by atoms with van der Waals surface area (Å²) in [5, 5.41) is 0. The van der Waals surface area contributed by atoms with E-state index >= 15 is 0 Å². The first-order valence-electron chi connectivity index (χ1n) is 9.23. The van der Waals surface area contributed by atoms with Gasteiger partial charge < -0.3 is 9.64 Å². The maximum absolute atomic E-state index is 12.6. The van der Waals surface area contributed by atoms with Crippen molar-refractivity contribution in [3.05, 3.63) is 22.8 Å². The van der Waals surface area contributed by atoms with E-state index in [2.05, 4.69) is 27.8 Å². The summed E-state index contributed by atoms with van der Waals surface area (Å²) < 4.78 is 6.72. The SMILES string of the molecule is CCCCC1CCC(C(=O)N2CC(Oc3ncccc3Br)C2)CC1. The van der Waals surface area contributed by atoms with Crippen LogP contribution in [-0.2, 0) is 4.79 Å². The molecule has 5 heteroatoms. The summed E-state index contributed by atoms with van der Waals surface area (Å²) in [5.41, 5.74) is 0. The Hall–Kier alpha value is -1.10. The van der Waals surface area contributed by atoms with E-state index in [1.165, 1.54) is 32.1 Å². The summed E-state index contributed by atoms with van der Waals surface area (Å²) in [4.78, 5) is 18.8. The summed E-state index contributed by atoms with van der Waals surface area (Å²) in [7, 11) is 0. The van der Waals surface area contributed by atoms with Crippen LogP contribution < -0.4 is 4.74 Å². The maximum atomic E-state index is 12.6. The molecule has 1 saturated heterocycles. The van der Waals surface area contributed by atoms with Gasteiger partial charge in [0.15, 0.2) is 0 Å². The van der Waals surface area contributed by atoms with Gasteiger partial charge in [0.25, 0.3) is 0 Å². The number of aromatic nitrogens is 1. The van der Waals surface area contributed by atoms with E-state index in [1.54, 1.807) is 6.20 Å². The lowest BCUT2D eigenvalue weighted by molar-refractivity contribution is -0.146. The van der Waals surface area contributed by atoms with Crippen molar-refractivity contribution in [2.75, 3.05) is 13.1 Å². The lowest BCUT2D eigenvalue weighted by Crippen LogP contribution is -2.57. The molecule has 0 spiro atoms. The van der Waals surface area contributed by atoms with Gasteiger partial charge in [0.2, 0.25) is 11.8 Å². The van der Waals surface area contributed by atoms with Crippen molar-refractivity contribution in [1.82, 2.24) is 9.88 Å². The molecule has 0 aromatic carbocycles. The van der Waals surface area contributed by atoms with Crippen LogP contribution in [0.25, 0.3) is 0 Å². The molecule has 132 valence electrons. The molecule has 24 heavy (non-hydrogen) atoms. The molecule has 0 atom stereocenters. The normalized spacial score (nSPS) is 24.5. The molecular weight excluding hydrogens is 368 g/mol. The number of hydrogen-bond acceptors (Lipinski definition) is 3. The summed E-state index contributed by atoms with van der Waals surface area (Å²) in [5.74, 6) is 2.04. The minimum absolute atomic E-state index is 0.0704. The largest absolute Gasteiger partial charge is 0.470 e. The molecule has 1 aliphatic heterocycles. The van der Waals surface area contributed by atoms with Crippen molar-refractivity contribution in [3.63, 3.8) is 0 Å². The Bertz CT molecular complexity index is 552. The number of nitrogens with zero attached hydrogens (tertiary/aromatic N) is 2. The van der Waals surface area contributed by atoms with Crippen molar-refractivity contribution < 1.29 is 9.53 Å². The van der Waals surface area contributed by atoms with E-state index in [4.69, 9.17) is 4.74 Å². The van der Waals surface area contributed by atoms with Crippen molar-refractivity contribution >= 4 is 21.8 Å². The first-order valence-corrected chi connectivity index (χ1v) is 10.0. The number of rotatable bonds is 6. The molecule has 1 aromatic heterocycles.